The molecule has 0 atom stereocenters. The molecule has 1 heterocycles. The van der Waals surface area contributed by atoms with E-state index >= 15 is 0 Å². The molecule has 0 saturated heterocycles. The summed E-state index contributed by atoms with van der Waals surface area (Å²) in [5.74, 6) is -0.289. The third-order valence-corrected chi connectivity index (χ3v) is 3.02. The number of aromatic nitrogens is 1. The number of hydrogen-bond donors (Lipinski definition) is 1. The Balaban J connectivity index is 2.48. The molecule has 20 heavy (non-hydrogen) atoms. The summed E-state index contributed by atoms with van der Waals surface area (Å²) in [6.45, 7) is 8.60. The molecule has 110 valence electrons. The van der Waals surface area contributed by atoms with E-state index < -0.39 is 0 Å². The Hall–Kier alpha value is -1.77. The van der Waals surface area contributed by atoms with Crippen LogP contribution < -0.4 is 0 Å². The number of ether oxygens (including phenoxy) is 1. The fourth-order valence-corrected chi connectivity index (χ4v) is 1.87. The molecule has 0 amide bonds. The van der Waals surface area contributed by atoms with E-state index in [1.54, 1.807) is 6.92 Å². The van der Waals surface area contributed by atoms with Gasteiger partial charge in [-0.15, -0.1) is 0 Å². The maximum Gasteiger partial charge on any atom is 0.354 e. The summed E-state index contributed by atoms with van der Waals surface area (Å²) in [7, 11) is 0. The van der Waals surface area contributed by atoms with Gasteiger partial charge in [0.05, 0.1) is 6.61 Å². The predicted molar refractivity (Wildman–Crippen MR) is 82.9 cm³/mol. The van der Waals surface area contributed by atoms with Gasteiger partial charge in [0.1, 0.15) is 5.69 Å². The predicted octanol–water partition coefficient (Wildman–Crippen LogP) is 4.43. The van der Waals surface area contributed by atoms with Crippen LogP contribution in [0.4, 0.5) is 0 Å². The lowest BCUT2D eigenvalue weighted by molar-refractivity contribution is 0.0520. The summed E-state index contributed by atoms with van der Waals surface area (Å²) in [5.41, 5.74) is 4.37. The molecule has 3 heteroatoms. The summed E-state index contributed by atoms with van der Waals surface area (Å²) in [4.78, 5) is 14.5. The van der Waals surface area contributed by atoms with Gasteiger partial charge < -0.3 is 9.72 Å². The van der Waals surface area contributed by atoms with Crippen molar-refractivity contribution in [3.63, 3.8) is 0 Å². The lowest BCUT2D eigenvalue weighted by Crippen LogP contribution is -2.04. The minimum atomic E-state index is -0.289. The number of hydrogen-bond acceptors (Lipinski definition) is 2. The van der Waals surface area contributed by atoms with Crippen LogP contribution in [-0.2, 0) is 11.2 Å². The van der Waals surface area contributed by atoms with E-state index in [1.165, 1.54) is 11.1 Å². The topological polar surface area (TPSA) is 42.1 Å². The van der Waals surface area contributed by atoms with Crippen molar-refractivity contribution in [2.75, 3.05) is 6.61 Å². The standard InChI is InChI=1S/C17H25NO2/c1-5-20-17(19)16-11-15(12-18-16)10-9-14(4)8-6-7-13(2)3/h7,9,11-12,18H,5-6,8,10H2,1-4H3/b14-9+. The minimum Gasteiger partial charge on any atom is -0.461 e. The Bertz CT molecular complexity index is 491. The number of H-pyrrole nitrogens is 1. The molecule has 0 radical (unpaired) electrons. The maximum atomic E-state index is 11.5. The Labute approximate surface area is 121 Å². The number of rotatable bonds is 7. The van der Waals surface area contributed by atoms with E-state index in [-0.39, 0.29) is 5.97 Å². The third kappa shape index (κ3) is 5.91. The Kier molecular flexibility index (Phi) is 6.85. The van der Waals surface area contributed by atoms with Crippen LogP contribution in [-0.4, -0.2) is 17.6 Å². The lowest BCUT2D eigenvalue weighted by Gasteiger charge is -1.99. The second-order valence-electron chi connectivity index (χ2n) is 5.22. The van der Waals surface area contributed by atoms with Gasteiger partial charge in [0.15, 0.2) is 0 Å². The van der Waals surface area contributed by atoms with E-state index in [0.717, 1.165) is 24.8 Å². The summed E-state index contributed by atoms with van der Waals surface area (Å²) in [5, 5.41) is 0. The summed E-state index contributed by atoms with van der Waals surface area (Å²) in [6, 6.07) is 1.86. The quantitative estimate of drug-likeness (QED) is 0.591. The number of esters is 1. The second-order valence-corrected chi connectivity index (χ2v) is 5.22. The van der Waals surface area contributed by atoms with Gasteiger partial charge in [-0.3, -0.25) is 0 Å². The third-order valence-electron chi connectivity index (χ3n) is 3.02. The molecule has 0 spiro atoms. The molecule has 0 aliphatic carbocycles. The average molecular weight is 275 g/mol. The fourth-order valence-electron chi connectivity index (χ4n) is 1.87. The van der Waals surface area contributed by atoms with E-state index in [4.69, 9.17) is 4.74 Å². The first-order valence-electron chi connectivity index (χ1n) is 7.16. The number of carbonyl (C=O) groups is 1. The van der Waals surface area contributed by atoms with E-state index in [1.807, 2.05) is 12.3 Å². The van der Waals surface area contributed by atoms with Crippen molar-refractivity contribution < 1.29 is 9.53 Å². The first-order valence-corrected chi connectivity index (χ1v) is 7.16. The molecule has 0 saturated carbocycles. The van der Waals surface area contributed by atoms with Gasteiger partial charge in [-0.25, -0.2) is 4.79 Å². The highest BCUT2D eigenvalue weighted by Gasteiger charge is 2.08. The van der Waals surface area contributed by atoms with Crippen LogP contribution in [0.25, 0.3) is 0 Å². The van der Waals surface area contributed by atoms with Gasteiger partial charge in [-0.05, 0) is 58.6 Å². The van der Waals surface area contributed by atoms with E-state index in [2.05, 4.69) is 37.9 Å². The van der Waals surface area contributed by atoms with Crippen LogP contribution in [0, 0.1) is 0 Å². The van der Waals surface area contributed by atoms with Crippen LogP contribution in [0.1, 0.15) is 56.6 Å². The number of aromatic amines is 1. The van der Waals surface area contributed by atoms with Crippen LogP contribution in [0.2, 0.25) is 0 Å². The highest BCUT2D eigenvalue weighted by Crippen LogP contribution is 2.11. The molecule has 3 nitrogen and oxygen atoms in total. The molecule has 1 aromatic heterocycles. The summed E-state index contributed by atoms with van der Waals surface area (Å²) < 4.78 is 4.95. The number of nitrogens with one attached hydrogen (secondary N) is 1. The summed E-state index contributed by atoms with van der Waals surface area (Å²) in [6.07, 6.45) is 9.36. The van der Waals surface area contributed by atoms with Gasteiger partial charge in [0, 0.05) is 6.20 Å². The van der Waals surface area contributed by atoms with Crippen molar-refractivity contribution in [1.82, 2.24) is 4.98 Å². The molecule has 1 aromatic rings. The first kappa shape index (κ1) is 16.3. The smallest absolute Gasteiger partial charge is 0.354 e. The molecule has 0 aromatic carbocycles. The molecule has 0 aliphatic rings. The van der Waals surface area contributed by atoms with Crippen molar-refractivity contribution >= 4 is 5.97 Å². The Morgan fingerprint density at radius 2 is 2.05 bits per heavy atom. The molecule has 0 bridgehead atoms. The zero-order valence-corrected chi connectivity index (χ0v) is 13.0. The van der Waals surface area contributed by atoms with Crippen LogP contribution in [0.3, 0.4) is 0 Å². The van der Waals surface area contributed by atoms with Crippen molar-refractivity contribution in [2.45, 2.75) is 47.0 Å². The van der Waals surface area contributed by atoms with Gasteiger partial charge >= 0.3 is 5.97 Å². The maximum absolute atomic E-state index is 11.5. The molecular weight excluding hydrogens is 250 g/mol. The first-order chi connectivity index (χ1) is 9.52. The lowest BCUT2D eigenvalue weighted by atomic mass is 10.1. The zero-order chi connectivity index (χ0) is 15.0. The molecular formula is C17H25NO2. The SMILES string of the molecule is CCOC(=O)c1cc(C/C=C(\C)CCC=C(C)C)c[nH]1. The van der Waals surface area contributed by atoms with Crippen molar-refractivity contribution in [2.24, 2.45) is 0 Å². The molecule has 0 fully saturated rings. The van der Waals surface area contributed by atoms with Crippen molar-refractivity contribution in [3.8, 4) is 0 Å². The minimum absolute atomic E-state index is 0.289. The van der Waals surface area contributed by atoms with Crippen molar-refractivity contribution in [3.05, 3.63) is 46.8 Å². The van der Waals surface area contributed by atoms with Crippen LogP contribution >= 0.6 is 0 Å². The molecule has 0 aliphatic heterocycles. The molecule has 1 rings (SSSR count). The highest BCUT2D eigenvalue weighted by molar-refractivity contribution is 5.87. The van der Waals surface area contributed by atoms with Gasteiger partial charge in [-0.2, -0.15) is 0 Å². The van der Waals surface area contributed by atoms with E-state index in [0.29, 0.717) is 12.3 Å². The molecule has 0 unspecified atom stereocenters. The van der Waals surface area contributed by atoms with Gasteiger partial charge in [0.2, 0.25) is 0 Å². The highest BCUT2D eigenvalue weighted by atomic mass is 16.5. The second kappa shape index (κ2) is 8.41. The van der Waals surface area contributed by atoms with E-state index in [9.17, 15) is 4.79 Å². The van der Waals surface area contributed by atoms with Gasteiger partial charge in [0.25, 0.3) is 0 Å². The Morgan fingerprint density at radius 3 is 2.70 bits per heavy atom. The monoisotopic (exact) mass is 275 g/mol. The van der Waals surface area contributed by atoms with Crippen LogP contribution in [0.5, 0.6) is 0 Å². The fraction of sp³-hybridized carbons (Fsp3) is 0.471. The van der Waals surface area contributed by atoms with Gasteiger partial charge in [-0.1, -0.05) is 23.3 Å². The number of allylic oxidation sites excluding steroid dienone is 4. The zero-order valence-electron chi connectivity index (χ0n) is 13.0. The van der Waals surface area contributed by atoms with Crippen LogP contribution in [0.15, 0.2) is 35.6 Å². The number of carbonyl (C=O) groups excluding carboxylic acids is 1. The molecule has 1 N–H and O–H groups in total. The largest absolute Gasteiger partial charge is 0.461 e. The summed E-state index contributed by atoms with van der Waals surface area (Å²) >= 11 is 0. The van der Waals surface area contributed by atoms with Crippen molar-refractivity contribution in [1.29, 1.82) is 0 Å². The average Bonchev–Trinajstić information content (AvgIpc) is 2.85. The normalized spacial score (nSPS) is 11.3. The Morgan fingerprint density at radius 1 is 1.30 bits per heavy atom.